The van der Waals surface area contributed by atoms with Crippen LogP contribution in [-0.2, 0) is 7.05 Å². The van der Waals surface area contributed by atoms with E-state index in [9.17, 15) is 9.59 Å². The van der Waals surface area contributed by atoms with E-state index in [-0.39, 0.29) is 28.9 Å². The molecule has 10 heteroatoms. The Kier molecular flexibility index (Phi) is 6.56. The number of aromatic amines is 1. The zero-order chi connectivity index (χ0) is 27.8. The average molecular weight is 536 g/mol. The monoisotopic (exact) mass is 535 g/mol. The SMILES string of the molecule is CC(NC(=O)c1c(N)[nH][n+]2cccnc12)c1cc2cccc(C#Cc3cnn(C)c3)c2c(=O)n1C1CCCCC1. The molecule has 4 aromatic heterocycles. The van der Waals surface area contributed by atoms with Gasteiger partial charge in [0.25, 0.3) is 11.5 Å². The summed E-state index contributed by atoms with van der Waals surface area (Å²) in [5, 5.41) is 11.6. The Balaban J connectivity index is 1.44. The number of carbonyl (C=O) groups excluding carboxylic acids is 1. The summed E-state index contributed by atoms with van der Waals surface area (Å²) in [4.78, 5) is 32.0. The molecule has 4 N–H and O–H groups in total. The van der Waals surface area contributed by atoms with E-state index in [4.69, 9.17) is 5.73 Å². The van der Waals surface area contributed by atoms with Crippen molar-refractivity contribution in [3.8, 4) is 11.8 Å². The predicted octanol–water partition coefficient (Wildman–Crippen LogP) is 3.18. The van der Waals surface area contributed by atoms with Crippen LogP contribution in [0.15, 0.2) is 59.9 Å². The van der Waals surface area contributed by atoms with Crippen molar-refractivity contribution in [2.75, 3.05) is 5.73 Å². The summed E-state index contributed by atoms with van der Waals surface area (Å²) in [5.41, 5.74) is 8.99. The maximum atomic E-state index is 14.3. The van der Waals surface area contributed by atoms with Crippen LogP contribution < -0.4 is 21.1 Å². The minimum absolute atomic E-state index is 0.0507. The smallest absolute Gasteiger partial charge is 0.362 e. The molecule has 0 saturated heterocycles. The zero-order valence-corrected chi connectivity index (χ0v) is 22.5. The van der Waals surface area contributed by atoms with Crippen molar-refractivity contribution in [3.63, 3.8) is 0 Å². The van der Waals surface area contributed by atoms with E-state index < -0.39 is 6.04 Å². The molecule has 0 aliphatic heterocycles. The predicted molar refractivity (Wildman–Crippen MR) is 152 cm³/mol. The summed E-state index contributed by atoms with van der Waals surface area (Å²) in [5.74, 6) is 6.20. The highest BCUT2D eigenvalue weighted by Gasteiger charge is 2.28. The summed E-state index contributed by atoms with van der Waals surface area (Å²) in [6.07, 6.45) is 12.0. The number of rotatable bonds is 4. The quantitative estimate of drug-likeness (QED) is 0.241. The minimum atomic E-state index is -0.463. The number of hydrogen-bond donors (Lipinski definition) is 3. The average Bonchev–Trinajstić information content (AvgIpc) is 3.53. The number of H-pyrrole nitrogens is 1. The molecule has 0 spiro atoms. The molecule has 4 heterocycles. The number of pyridine rings is 1. The molecule has 1 unspecified atom stereocenters. The molecule has 40 heavy (non-hydrogen) atoms. The highest BCUT2D eigenvalue weighted by molar-refractivity contribution is 6.03. The lowest BCUT2D eigenvalue weighted by Gasteiger charge is -2.29. The summed E-state index contributed by atoms with van der Waals surface area (Å²) in [6.45, 7) is 1.90. The topological polar surface area (TPSA) is 128 Å². The number of anilines is 1. The first-order valence-corrected chi connectivity index (χ1v) is 13.5. The number of fused-ring (bicyclic) bond motifs is 2. The Morgan fingerprint density at radius 2 is 2.05 bits per heavy atom. The summed E-state index contributed by atoms with van der Waals surface area (Å²) in [6, 6.07) is 9.06. The molecule has 6 rings (SSSR count). The van der Waals surface area contributed by atoms with Crippen molar-refractivity contribution in [1.82, 2.24) is 29.7 Å². The molecular weight excluding hydrogens is 504 g/mol. The lowest BCUT2D eigenvalue weighted by atomic mass is 9.93. The van der Waals surface area contributed by atoms with Crippen LogP contribution in [0.2, 0.25) is 0 Å². The number of aryl methyl sites for hydroxylation is 1. The van der Waals surface area contributed by atoms with Crippen molar-refractivity contribution in [1.29, 1.82) is 0 Å². The molecule has 202 valence electrons. The van der Waals surface area contributed by atoms with E-state index in [0.29, 0.717) is 16.6 Å². The number of hydrogen-bond acceptors (Lipinski definition) is 5. The third-order valence-electron chi connectivity index (χ3n) is 7.60. The second kappa shape index (κ2) is 10.3. The van der Waals surface area contributed by atoms with E-state index >= 15 is 0 Å². The van der Waals surface area contributed by atoms with E-state index in [1.54, 1.807) is 33.9 Å². The van der Waals surface area contributed by atoms with Crippen LogP contribution in [0, 0.1) is 11.8 Å². The van der Waals surface area contributed by atoms with Crippen molar-refractivity contribution in [2.45, 2.75) is 51.1 Å². The normalized spacial score (nSPS) is 14.7. The van der Waals surface area contributed by atoms with Crippen molar-refractivity contribution >= 4 is 28.1 Å². The lowest BCUT2D eigenvalue weighted by Crippen LogP contribution is -2.35. The fourth-order valence-corrected chi connectivity index (χ4v) is 5.69. The largest absolute Gasteiger partial charge is 0.382 e. The Morgan fingerprint density at radius 1 is 1.23 bits per heavy atom. The van der Waals surface area contributed by atoms with Gasteiger partial charge in [0.05, 0.1) is 23.2 Å². The van der Waals surface area contributed by atoms with E-state index in [2.05, 4.69) is 32.3 Å². The van der Waals surface area contributed by atoms with Crippen molar-refractivity contribution < 1.29 is 9.31 Å². The number of nitrogen functional groups attached to an aromatic ring is 1. The summed E-state index contributed by atoms with van der Waals surface area (Å²) < 4.78 is 5.20. The number of amides is 1. The highest BCUT2D eigenvalue weighted by atomic mass is 16.2. The summed E-state index contributed by atoms with van der Waals surface area (Å²) >= 11 is 0. The van der Waals surface area contributed by atoms with Crippen LogP contribution in [0.1, 0.15) is 78.3 Å². The Morgan fingerprint density at radius 3 is 2.83 bits per heavy atom. The van der Waals surface area contributed by atoms with E-state index in [1.807, 2.05) is 49.0 Å². The lowest BCUT2D eigenvalue weighted by molar-refractivity contribution is -0.577. The van der Waals surface area contributed by atoms with Gasteiger partial charge in [0.2, 0.25) is 0 Å². The molecule has 1 aliphatic rings. The third-order valence-corrected chi connectivity index (χ3v) is 7.60. The van der Waals surface area contributed by atoms with Crippen LogP contribution >= 0.6 is 0 Å². The molecule has 1 aliphatic carbocycles. The second-order valence-corrected chi connectivity index (χ2v) is 10.4. The number of nitrogens with zero attached hydrogens (tertiary/aromatic N) is 5. The van der Waals surface area contributed by atoms with Gasteiger partial charge in [0.15, 0.2) is 11.4 Å². The second-order valence-electron chi connectivity index (χ2n) is 10.4. The van der Waals surface area contributed by atoms with Gasteiger partial charge in [-0.05, 0) is 42.3 Å². The zero-order valence-electron chi connectivity index (χ0n) is 22.5. The molecular formula is C30H31N8O2+. The van der Waals surface area contributed by atoms with Gasteiger partial charge in [-0.15, -0.1) is 4.52 Å². The van der Waals surface area contributed by atoms with Crippen LogP contribution in [-0.4, -0.2) is 30.3 Å². The number of benzene rings is 1. The van der Waals surface area contributed by atoms with Gasteiger partial charge in [-0.1, -0.05) is 43.2 Å². The van der Waals surface area contributed by atoms with E-state index in [0.717, 1.165) is 48.7 Å². The number of aromatic nitrogens is 6. The van der Waals surface area contributed by atoms with Gasteiger partial charge in [0, 0.05) is 36.6 Å². The third kappa shape index (κ3) is 4.60. The van der Waals surface area contributed by atoms with Gasteiger partial charge in [-0.3, -0.25) is 14.3 Å². The molecule has 1 amide bonds. The summed E-state index contributed by atoms with van der Waals surface area (Å²) in [7, 11) is 1.84. The fourth-order valence-electron chi connectivity index (χ4n) is 5.69. The Bertz CT molecular complexity index is 1860. The van der Waals surface area contributed by atoms with Gasteiger partial charge >= 0.3 is 5.65 Å². The first-order valence-electron chi connectivity index (χ1n) is 13.5. The highest BCUT2D eigenvalue weighted by Crippen LogP contribution is 2.31. The Labute approximate surface area is 230 Å². The van der Waals surface area contributed by atoms with Gasteiger partial charge in [-0.25, -0.2) is 5.10 Å². The molecule has 1 saturated carbocycles. The molecule has 10 nitrogen and oxygen atoms in total. The van der Waals surface area contributed by atoms with Crippen molar-refractivity contribution in [2.24, 2.45) is 7.05 Å². The van der Waals surface area contributed by atoms with Crippen LogP contribution in [0.25, 0.3) is 16.4 Å². The first kappa shape index (κ1) is 25.4. The fraction of sp³-hybridized carbons (Fsp3) is 0.300. The number of nitrogens with one attached hydrogen (secondary N) is 2. The Hall–Kier alpha value is -4.91. The van der Waals surface area contributed by atoms with Crippen LogP contribution in [0.3, 0.4) is 0 Å². The van der Waals surface area contributed by atoms with Gasteiger partial charge in [-0.2, -0.15) is 5.10 Å². The maximum absolute atomic E-state index is 14.3. The molecule has 1 fully saturated rings. The van der Waals surface area contributed by atoms with E-state index in [1.165, 1.54) is 0 Å². The standard InChI is InChI=1S/C30H30N8O2/c1-19(34-29(39)26-27(31)35-37-15-7-14-32-28(26)37)24-16-22-9-6-8-21(13-12-20-17-33-36(2)18-20)25(22)30(40)38(24)23-10-4-3-5-11-23/h6-9,14-19,23H,3-5,10-11H2,1-2H3,(H3,31,34,35,39)/p+1. The maximum Gasteiger partial charge on any atom is 0.362 e. The number of carbonyl (C=O) groups is 1. The number of nitrogens with two attached hydrogens (primary N) is 1. The van der Waals surface area contributed by atoms with Crippen LogP contribution in [0.5, 0.6) is 0 Å². The minimum Gasteiger partial charge on any atom is -0.382 e. The molecule has 0 radical (unpaired) electrons. The molecule has 1 aromatic carbocycles. The van der Waals surface area contributed by atoms with Crippen LogP contribution in [0.4, 0.5) is 5.82 Å². The molecule has 5 aromatic rings. The first-order chi connectivity index (χ1) is 19.4. The van der Waals surface area contributed by atoms with Gasteiger partial charge in [0.1, 0.15) is 12.4 Å². The molecule has 1 atom stereocenters. The van der Waals surface area contributed by atoms with Gasteiger partial charge < -0.3 is 15.6 Å². The van der Waals surface area contributed by atoms with Crippen molar-refractivity contribution in [3.05, 3.63) is 87.9 Å². The molecule has 0 bridgehead atoms.